The van der Waals surface area contributed by atoms with Crippen molar-refractivity contribution in [2.45, 2.75) is 51.7 Å². The minimum Gasteiger partial charge on any atom is -0.444 e. The van der Waals surface area contributed by atoms with Gasteiger partial charge in [0.25, 0.3) is 11.8 Å². The van der Waals surface area contributed by atoms with Gasteiger partial charge >= 0.3 is 6.09 Å². The molecule has 1 unspecified atom stereocenters. The van der Waals surface area contributed by atoms with Crippen LogP contribution in [0.2, 0.25) is 0 Å². The molecule has 1 atom stereocenters. The van der Waals surface area contributed by atoms with Crippen molar-refractivity contribution >= 4 is 41.3 Å². The third-order valence-corrected chi connectivity index (χ3v) is 6.88. The molecule has 0 aliphatic carbocycles. The van der Waals surface area contributed by atoms with Crippen molar-refractivity contribution in [3.8, 4) is 0 Å². The molecule has 6 amide bonds. The maximum Gasteiger partial charge on any atom is 0.410 e. The van der Waals surface area contributed by atoms with Gasteiger partial charge in [0.15, 0.2) is 0 Å². The average molecular weight is 664 g/mol. The summed E-state index contributed by atoms with van der Waals surface area (Å²) >= 11 is 0. The Kier molecular flexibility index (Phi) is 14.7. The van der Waals surface area contributed by atoms with E-state index in [9.17, 15) is 28.8 Å². The third kappa shape index (κ3) is 11.7. The first-order chi connectivity index (χ1) is 22.4. The van der Waals surface area contributed by atoms with Crippen LogP contribution in [-0.2, 0) is 38.1 Å². The van der Waals surface area contributed by atoms with E-state index in [4.69, 9.17) is 29.4 Å². The van der Waals surface area contributed by atoms with Crippen LogP contribution >= 0.6 is 0 Å². The number of fused-ring (bicyclic) bond motifs is 1. The largest absolute Gasteiger partial charge is 0.444 e. The summed E-state index contributed by atoms with van der Waals surface area (Å²) in [5, 5.41) is 4.79. The molecular formula is C31H45N5O11. The Morgan fingerprint density at radius 2 is 1.53 bits per heavy atom. The predicted octanol–water partition coefficient (Wildman–Crippen LogP) is 0.679. The minimum absolute atomic E-state index is 0.00540. The van der Waals surface area contributed by atoms with Gasteiger partial charge in [0.2, 0.25) is 17.7 Å². The van der Waals surface area contributed by atoms with Crippen molar-refractivity contribution in [2.24, 2.45) is 5.73 Å². The zero-order valence-corrected chi connectivity index (χ0v) is 27.2. The van der Waals surface area contributed by atoms with Crippen LogP contribution in [0.3, 0.4) is 0 Å². The van der Waals surface area contributed by atoms with Crippen LogP contribution in [0.5, 0.6) is 0 Å². The van der Waals surface area contributed by atoms with Gasteiger partial charge in [-0.15, -0.1) is 0 Å². The Balaban J connectivity index is 1.37. The summed E-state index contributed by atoms with van der Waals surface area (Å²) in [6.07, 6.45) is -0.481. The number of piperidine rings is 1. The standard InChI is InChI=1S/C31H45N5O11/c1-31(2,3)47-30(42)35(12-16-46-20-18-44-14-10-32)11-15-45-19-17-43-13-9-25(38)33-22-6-4-5-21-26(22)29(41)36(28(21)40)23-7-8-24(37)34-27(23)39/h4-6,23H,7-20,32H2,1-3H3,(H,33,38)(H,34,37,39). The van der Waals surface area contributed by atoms with Crippen molar-refractivity contribution in [1.82, 2.24) is 15.1 Å². The lowest BCUT2D eigenvalue weighted by Gasteiger charge is -2.27. The first kappa shape index (κ1) is 37.5. The maximum atomic E-state index is 13.2. The monoisotopic (exact) mass is 663 g/mol. The smallest absolute Gasteiger partial charge is 0.410 e. The number of rotatable bonds is 19. The summed E-state index contributed by atoms with van der Waals surface area (Å²) < 4.78 is 27.3. The van der Waals surface area contributed by atoms with E-state index in [-0.39, 0.29) is 69.0 Å². The second-order valence-electron chi connectivity index (χ2n) is 11.7. The Bertz CT molecular complexity index is 1280. The molecule has 260 valence electrons. The van der Waals surface area contributed by atoms with Gasteiger partial charge in [0.05, 0.1) is 76.1 Å². The number of nitrogens with one attached hydrogen (secondary N) is 2. The highest BCUT2D eigenvalue weighted by Gasteiger charge is 2.45. The summed E-state index contributed by atoms with van der Waals surface area (Å²) in [6.45, 7) is 8.61. The Morgan fingerprint density at radius 1 is 0.915 bits per heavy atom. The lowest BCUT2D eigenvalue weighted by molar-refractivity contribution is -0.136. The fourth-order valence-corrected chi connectivity index (χ4v) is 4.69. The molecule has 47 heavy (non-hydrogen) atoms. The normalized spacial score (nSPS) is 16.3. The molecule has 2 heterocycles. The molecular weight excluding hydrogens is 618 g/mol. The lowest BCUT2D eigenvalue weighted by atomic mass is 10.0. The molecule has 1 aromatic carbocycles. The summed E-state index contributed by atoms with van der Waals surface area (Å²) in [5.74, 6) is -3.00. The van der Waals surface area contributed by atoms with Crippen LogP contribution < -0.4 is 16.4 Å². The maximum absolute atomic E-state index is 13.2. The fourth-order valence-electron chi connectivity index (χ4n) is 4.69. The molecule has 0 aromatic heterocycles. The van der Waals surface area contributed by atoms with Crippen molar-refractivity contribution in [3.63, 3.8) is 0 Å². The van der Waals surface area contributed by atoms with Crippen molar-refractivity contribution < 1.29 is 52.5 Å². The number of benzene rings is 1. The lowest BCUT2D eigenvalue weighted by Crippen LogP contribution is -2.54. The second-order valence-corrected chi connectivity index (χ2v) is 11.7. The van der Waals surface area contributed by atoms with Gasteiger partial charge in [0, 0.05) is 26.1 Å². The molecule has 1 saturated heterocycles. The highest BCUT2D eigenvalue weighted by molar-refractivity contribution is 6.26. The zero-order chi connectivity index (χ0) is 34.4. The molecule has 1 aromatic rings. The summed E-state index contributed by atoms with van der Waals surface area (Å²) in [6, 6.07) is 3.36. The number of carbonyl (C=O) groups is 6. The second kappa shape index (κ2) is 18.4. The van der Waals surface area contributed by atoms with Crippen LogP contribution in [-0.4, -0.2) is 130 Å². The van der Waals surface area contributed by atoms with E-state index in [2.05, 4.69) is 10.6 Å². The quantitative estimate of drug-likeness (QED) is 0.138. The molecule has 2 aliphatic heterocycles. The number of nitrogens with zero attached hydrogens (tertiary/aromatic N) is 2. The van der Waals surface area contributed by atoms with E-state index in [1.165, 1.54) is 23.1 Å². The van der Waals surface area contributed by atoms with Gasteiger partial charge in [-0.2, -0.15) is 0 Å². The third-order valence-electron chi connectivity index (χ3n) is 6.88. The molecule has 16 heteroatoms. The van der Waals surface area contributed by atoms with Crippen LogP contribution in [0.1, 0.15) is 60.7 Å². The SMILES string of the molecule is CC(C)(C)OC(=O)N(CCOCCOCCN)CCOCCOCCC(=O)Nc1cccc2c1C(=O)N(C1CCC(=O)NC1=O)C2=O. The number of imide groups is 2. The summed E-state index contributed by atoms with van der Waals surface area (Å²) in [4.78, 5) is 77.5. The van der Waals surface area contributed by atoms with Crippen LogP contribution in [0.4, 0.5) is 10.5 Å². The van der Waals surface area contributed by atoms with Crippen molar-refractivity contribution in [3.05, 3.63) is 29.3 Å². The van der Waals surface area contributed by atoms with Gasteiger partial charge in [0.1, 0.15) is 11.6 Å². The van der Waals surface area contributed by atoms with Crippen molar-refractivity contribution in [2.75, 3.05) is 77.8 Å². The molecule has 1 fully saturated rings. The van der Waals surface area contributed by atoms with Gasteiger partial charge in [-0.05, 0) is 39.3 Å². The van der Waals surface area contributed by atoms with E-state index in [0.29, 0.717) is 39.5 Å². The summed E-state index contributed by atoms with van der Waals surface area (Å²) in [5.41, 5.74) is 4.93. The number of nitrogens with two attached hydrogens (primary N) is 1. The molecule has 16 nitrogen and oxygen atoms in total. The van der Waals surface area contributed by atoms with Gasteiger partial charge in [-0.25, -0.2) is 4.79 Å². The van der Waals surface area contributed by atoms with Crippen LogP contribution in [0.15, 0.2) is 18.2 Å². The summed E-state index contributed by atoms with van der Waals surface area (Å²) in [7, 11) is 0. The average Bonchev–Trinajstić information content (AvgIpc) is 3.25. The van der Waals surface area contributed by atoms with Crippen LogP contribution in [0.25, 0.3) is 0 Å². The van der Waals surface area contributed by atoms with Gasteiger partial charge < -0.3 is 39.6 Å². The van der Waals surface area contributed by atoms with Crippen LogP contribution in [0, 0.1) is 0 Å². The van der Waals surface area contributed by atoms with Gasteiger partial charge in [-0.3, -0.25) is 34.2 Å². The number of anilines is 1. The Hall–Kier alpha value is -3.96. The molecule has 0 saturated carbocycles. The number of carbonyl (C=O) groups excluding carboxylic acids is 6. The van der Waals surface area contributed by atoms with E-state index in [1.807, 2.05) is 0 Å². The van der Waals surface area contributed by atoms with Crippen molar-refractivity contribution in [1.29, 1.82) is 0 Å². The van der Waals surface area contributed by atoms with E-state index in [0.717, 1.165) is 4.90 Å². The van der Waals surface area contributed by atoms with E-state index in [1.54, 1.807) is 20.8 Å². The molecule has 0 spiro atoms. The first-order valence-electron chi connectivity index (χ1n) is 15.6. The topological polar surface area (TPSA) is 205 Å². The van der Waals surface area contributed by atoms with Gasteiger partial charge in [-0.1, -0.05) is 6.07 Å². The molecule has 3 rings (SSSR count). The zero-order valence-electron chi connectivity index (χ0n) is 27.2. The molecule has 2 aliphatic rings. The molecule has 4 N–H and O–H groups in total. The number of hydrogen-bond acceptors (Lipinski definition) is 12. The molecule has 0 bridgehead atoms. The predicted molar refractivity (Wildman–Crippen MR) is 166 cm³/mol. The minimum atomic E-state index is -1.11. The number of amides is 6. The highest BCUT2D eigenvalue weighted by Crippen LogP contribution is 2.32. The fraction of sp³-hybridized carbons (Fsp3) is 0.613. The number of hydrogen-bond donors (Lipinski definition) is 3. The first-order valence-corrected chi connectivity index (χ1v) is 15.6. The molecule has 0 radical (unpaired) electrons. The Labute approximate surface area is 273 Å². The number of ether oxygens (including phenoxy) is 5. The highest BCUT2D eigenvalue weighted by atomic mass is 16.6. The Morgan fingerprint density at radius 3 is 2.13 bits per heavy atom. The van der Waals surface area contributed by atoms with E-state index >= 15 is 0 Å². The van der Waals surface area contributed by atoms with E-state index < -0.39 is 47.3 Å².